The fourth-order valence-corrected chi connectivity index (χ4v) is 6.28. The van der Waals surface area contributed by atoms with E-state index in [-0.39, 0.29) is 5.91 Å². The van der Waals surface area contributed by atoms with Gasteiger partial charge in [-0.1, -0.05) is 12.5 Å². The lowest BCUT2D eigenvalue weighted by molar-refractivity contribution is -0.116. The molecule has 0 spiro atoms. The highest BCUT2D eigenvalue weighted by atomic mass is 32.2. The van der Waals surface area contributed by atoms with Crippen LogP contribution in [0.1, 0.15) is 30.4 Å². The van der Waals surface area contributed by atoms with E-state index < -0.39 is 10.0 Å². The van der Waals surface area contributed by atoms with E-state index in [1.54, 1.807) is 45.4 Å². The van der Waals surface area contributed by atoms with Gasteiger partial charge in [-0.15, -0.1) is 11.8 Å². The van der Waals surface area contributed by atoms with Crippen molar-refractivity contribution in [3.63, 3.8) is 0 Å². The van der Waals surface area contributed by atoms with Gasteiger partial charge in [-0.3, -0.25) is 9.78 Å². The first-order chi connectivity index (χ1) is 14.1. The average molecular weight is 432 g/mol. The summed E-state index contributed by atoms with van der Waals surface area (Å²) in [5.74, 6) is 1.19. The van der Waals surface area contributed by atoms with E-state index in [2.05, 4.69) is 4.98 Å². The molecule has 0 aliphatic carbocycles. The number of nitrogens with zero attached hydrogens (tertiary/aromatic N) is 3. The SMILES string of the molecule is O=C(CSCc1cccnc1)N1CCc2cc(S(=O)(=O)N3CCCCC3)ccc21. The first-order valence-corrected chi connectivity index (χ1v) is 12.6. The number of sulfonamides is 1. The number of pyridine rings is 1. The van der Waals surface area contributed by atoms with Crippen molar-refractivity contribution in [2.45, 2.75) is 36.3 Å². The van der Waals surface area contributed by atoms with Gasteiger partial charge < -0.3 is 4.90 Å². The van der Waals surface area contributed by atoms with Gasteiger partial charge in [0, 0.05) is 43.5 Å². The Balaban J connectivity index is 1.42. The van der Waals surface area contributed by atoms with Crippen molar-refractivity contribution in [2.24, 2.45) is 0 Å². The van der Waals surface area contributed by atoms with Crippen LogP contribution in [0.15, 0.2) is 47.6 Å². The lowest BCUT2D eigenvalue weighted by Crippen LogP contribution is -2.35. The van der Waals surface area contributed by atoms with Crippen LogP contribution in [0, 0.1) is 0 Å². The lowest BCUT2D eigenvalue weighted by Gasteiger charge is -2.26. The zero-order chi connectivity index (χ0) is 20.3. The standard InChI is InChI=1S/C21H25N3O3S2/c25-21(16-28-15-17-5-4-9-22-14-17)24-12-8-18-13-19(6-7-20(18)24)29(26,27)23-10-2-1-3-11-23/h4-7,9,13-14H,1-3,8,10-12,15-16H2. The largest absolute Gasteiger partial charge is 0.311 e. The molecule has 1 amide bonds. The Morgan fingerprint density at radius 3 is 2.69 bits per heavy atom. The summed E-state index contributed by atoms with van der Waals surface area (Å²) in [6.45, 7) is 1.80. The number of piperidine rings is 1. The summed E-state index contributed by atoms with van der Waals surface area (Å²) in [5.41, 5.74) is 2.88. The Morgan fingerprint density at radius 2 is 1.93 bits per heavy atom. The number of rotatable bonds is 6. The van der Waals surface area contributed by atoms with Crippen LogP contribution < -0.4 is 4.90 Å². The number of anilines is 1. The summed E-state index contributed by atoms with van der Waals surface area (Å²) in [4.78, 5) is 18.9. The third kappa shape index (κ3) is 4.49. The Kier molecular flexibility index (Phi) is 6.22. The molecule has 1 aromatic heterocycles. The first kappa shape index (κ1) is 20.4. The zero-order valence-electron chi connectivity index (χ0n) is 16.3. The molecule has 4 rings (SSSR count). The quantitative estimate of drug-likeness (QED) is 0.703. The Bertz CT molecular complexity index is 974. The van der Waals surface area contributed by atoms with Crippen LogP contribution in [0.4, 0.5) is 5.69 Å². The van der Waals surface area contributed by atoms with Gasteiger partial charge in [-0.2, -0.15) is 4.31 Å². The Labute approximate surface area is 176 Å². The van der Waals surface area contributed by atoms with Crippen molar-refractivity contribution in [1.29, 1.82) is 0 Å². The van der Waals surface area contributed by atoms with Crippen LogP contribution in [0.2, 0.25) is 0 Å². The van der Waals surface area contributed by atoms with E-state index in [1.165, 1.54) is 0 Å². The van der Waals surface area contributed by atoms with Gasteiger partial charge in [0.15, 0.2) is 0 Å². The van der Waals surface area contributed by atoms with Crippen molar-refractivity contribution >= 4 is 33.4 Å². The number of hydrogen-bond acceptors (Lipinski definition) is 5. The molecule has 0 N–H and O–H groups in total. The Hall–Kier alpha value is -1.90. The van der Waals surface area contributed by atoms with Crippen molar-refractivity contribution in [3.8, 4) is 0 Å². The van der Waals surface area contributed by atoms with Gasteiger partial charge in [-0.05, 0) is 54.7 Å². The molecule has 8 heteroatoms. The molecule has 1 fully saturated rings. The van der Waals surface area contributed by atoms with E-state index in [1.807, 2.05) is 18.3 Å². The van der Waals surface area contributed by atoms with Gasteiger partial charge in [0.1, 0.15) is 0 Å². The fraction of sp³-hybridized carbons (Fsp3) is 0.429. The van der Waals surface area contributed by atoms with E-state index in [9.17, 15) is 13.2 Å². The molecule has 0 atom stereocenters. The van der Waals surface area contributed by atoms with E-state index in [4.69, 9.17) is 0 Å². The van der Waals surface area contributed by atoms with Crippen molar-refractivity contribution in [1.82, 2.24) is 9.29 Å². The predicted molar refractivity (Wildman–Crippen MR) is 116 cm³/mol. The van der Waals surface area contributed by atoms with Crippen LogP contribution in [-0.4, -0.2) is 49.0 Å². The molecule has 1 aromatic carbocycles. The predicted octanol–water partition coefficient (Wildman–Crippen LogP) is 3.08. The number of benzene rings is 1. The third-order valence-corrected chi connectivity index (χ3v) is 8.30. The maximum atomic E-state index is 12.9. The zero-order valence-corrected chi connectivity index (χ0v) is 17.9. The summed E-state index contributed by atoms with van der Waals surface area (Å²) >= 11 is 1.57. The topological polar surface area (TPSA) is 70.6 Å². The number of aromatic nitrogens is 1. The maximum absolute atomic E-state index is 12.9. The van der Waals surface area contributed by atoms with E-state index in [0.29, 0.717) is 36.7 Å². The highest BCUT2D eigenvalue weighted by Crippen LogP contribution is 2.32. The van der Waals surface area contributed by atoms with Gasteiger partial charge in [0.05, 0.1) is 10.6 Å². The van der Waals surface area contributed by atoms with Gasteiger partial charge in [0.2, 0.25) is 15.9 Å². The summed E-state index contributed by atoms with van der Waals surface area (Å²) in [5, 5.41) is 0. The van der Waals surface area contributed by atoms with Crippen LogP contribution >= 0.6 is 11.8 Å². The van der Waals surface area contributed by atoms with Gasteiger partial charge >= 0.3 is 0 Å². The molecule has 0 unspecified atom stereocenters. The monoisotopic (exact) mass is 431 g/mol. The maximum Gasteiger partial charge on any atom is 0.243 e. The molecular weight excluding hydrogens is 406 g/mol. The fourth-order valence-electron chi connectivity index (χ4n) is 3.87. The molecular formula is C21H25N3O3S2. The molecule has 1 saturated heterocycles. The molecule has 29 heavy (non-hydrogen) atoms. The van der Waals surface area contributed by atoms with Crippen LogP contribution in [-0.2, 0) is 27.0 Å². The van der Waals surface area contributed by atoms with Gasteiger partial charge in [-0.25, -0.2) is 8.42 Å². The lowest BCUT2D eigenvalue weighted by atomic mass is 10.2. The van der Waals surface area contributed by atoms with E-state index >= 15 is 0 Å². The highest BCUT2D eigenvalue weighted by molar-refractivity contribution is 7.99. The third-order valence-electron chi connectivity index (χ3n) is 5.42. The highest BCUT2D eigenvalue weighted by Gasteiger charge is 2.29. The minimum Gasteiger partial charge on any atom is -0.311 e. The minimum absolute atomic E-state index is 0.0595. The van der Waals surface area contributed by atoms with Crippen LogP contribution in [0.3, 0.4) is 0 Å². The summed E-state index contributed by atoms with van der Waals surface area (Å²) in [6.07, 6.45) is 7.17. The number of carbonyl (C=O) groups is 1. The second-order valence-electron chi connectivity index (χ2n) is 7.40. The smallest absolute Gasteiger partial charge is 0.243 e. The summed E-state index contributed by atoms with van der Waals surface area (Å²) in [6, 6.07) is 9.10. The van der Waals surface area contributed by atoms with Crippen molar-refractivity contribution in [2.75, 3.05) is 30.3 Å². The molecule has 6 nitrogen and oxygen atoms in total. The van der Waals surface area contributed by atoms with Crippen molar-refractivity contribution < 1.29 is 13.2 Å². The number of fused-ring (bicyclic) bond motifs is 1. The minimum atomic E-state index is -3.45. The molecule has 0 radical (unpaired) electrons. The van der Waals surface area contributed by atoms with Crippen LogP contribution in [0.5, 0.6) is 0 Å². The summed E-state index contributed by atoms with van der Waals surface area (Å²) in [7, 11) is -3.45. The molecule has 0 saturated carbocycles. The van der Waals surface area contributed by atoms with Crippen molar-refractivity contribution in [3.05, 3.63) is 53.9 Å². The number of hydrogen-bond donors (Lipinski definition) is 0. The number of thioether (sulfide) groups is 1. The van der Waals surface area contributed by atoms with Gasteiger partial charge in [0.25, 0.3) is 0 Å². The molecule has 2 aromatic rings. The first-order valence-electron chi connectivity index (χ1n) is 9.96. The normalized spacial score (nSPS) is 17.3. The second-order valence-corrected chi connectivity index (χ2v) is 10.3. The number of carbonyl (C=O) groups excluding carboxylic acids is 1. The van der Waals surface area contributed by atoms with Crippen LogP contribution in [0.25, 0.3) is 0 Å². The molecule has 2 aliphatic rings. The molecule has 154 valence electrons. The number of amides is 1. The Morgan fingerprint density at radius 1 is 1.10 bits per heavy atom. The molecule has 2 aliphatic heterocycles. The average Bonchev–Trinajstić information content (AvgIpc) is 3.18. The molecule has 3 heterocycles. The summed E-state index contributed by atoms with van der Waals surface area (Å²) < 4.78 is 27.4. The second kappa shape index (κ2) is 8.85. The molecule has 0 bridgehead atoms. The van der Waals surface area contributed by atoms with E-state index in [0.717, 1.165) is 41.8 Å².